The first-order valence-corrected chi connectivity index (χ1v) is 11.8. The van der Waals surface area contributed by atoms with E-state index in [-0.39, 0.29) is 31.4 Å². The summed E-state index contributed by atoms with van der Waals surface area (Å²) in [5.74, 6) is 1.98. The lowest BCUT2D eigenvalue weighted by Crippen LogP contribution is -2.39. The van der Waals surface area contributed by atoms with Crippen molar-refractivity contribution in [3.05, 3.63) is 78.4 Å². The van der Waals surface area contributed by atoms with Crippen molar-refractivity contribution in [2.75, 3.05) is 36.6 Å². The van der Waals surface area contributed by atoms with Crippen LogP contribution in [0.15, 0.2) is 72.8 Å². The summed E-state index contributed by atoms with van der Waals surface area (Å²) in [5.41, 5.74) is 2.38. The average Bonchev–Trinajstić information content (AvgIpc) is 2.86. The molecule has 0 bridgehead atoms. The fourth-order valence-corrected chi connectivity index (χ4v) is 3.80. The molecule has 0 aromatic heterocycles. The molecule has 1 aliphatic heterocycles. The number of anilines is 2. The van der Waals surface area contributed by atoms with Gasteiger partial charge in [-0.15, -0.1) is 0 Å². The van der Waals surface area contributed by atoms with Gasteiger partial charge in [0.05, 0.1) is 25.3 Å². The summed E-state index contributed by atoms with van der Waals surface area (Å²) < 4.78 is 17.0. The van der Waals surface area contributed by atoms with Crippen molar-refractivity contribution in [2.24, 2.45) is 0 Å². The summed E-state index contributed by atoms with van der Waals surface area (Å²) >= 11 is 0. The molecule has 1 N–H and O–H groups in total. The van der Waals surface area contributed by atoms with Crippen molar-refractivity contribution in [2.45, 2.75) is 26.2 Å². The fourth-order valence-electron chi connectivity index (χ4n) is 3.80. The van der Waals surface area contributed by atoms with Crippen LogP contribution in [0, 0.1) is 6.92 Å². The predicted molar refractivity (Wildman–Crippen MR) is 135 cm³/mol. The Balaban J connectivity index is 1.28. The molecule has 3 aromatic carbocycles. The standard InChI is InChI=1S/C28H30N2O5/c1-21-9-5-6-12-25(21)34-17-8-7-16-30-24-19-22(13-14-26(24)35-20-28(30)32)29-27(31)15-18-33-23-10-3-2-4-11-23/h2-6,9-14,19H,7-8,15-18,20H2,1H3,(H,29,31). The zero-order chi connectivity index (χ0) is 24.5. The molecule has 7 nitrogen and oxygen atoms in total. The Kier molecular flexibility index (Phi) is 8.22. The number of fused-ring (bicyclic) bond motifs is 1. The van der Waals surface area contributed by atoms with Crippen molar-refractivity contribution < 1.29 is 23.8 Å². The van der Waals surface area contributed by atoms with Gasteiger partial charge < -0.3 is 24.4 Å². The van der Waals surface area contributed by atoms with Crippen LogP contribution in [0.5, 0.6) is 17.2 Å². The van der Waals surface area contributed by atoms with Crippen LogP contribution in [0.1, 0.15) is 24.8 Å². The van der Waals surface area contributed by atoms with Gasteiger partial charge in [0, 0.05) is 12.2 Å². The van der Waals surface area contributed by atoms with Gasteiger partial charge in [0.15, 0.2) is 6.61 Å². The van der Waals surface area contributed by atoms with E-state index in [1.54, 1.807) is 23.1 Å². The molecule has 1 heterocycles. The van der Waals surface area contributed by atoms with Crippen LogP contribution in [0.4, 0.5) is 11.4 Å². The zero-order valence-electron chi connectivity index (χ0n) is 19.9. The predicted octanol–water partition coefficient (Wildman–Crippen LogP) is 4.99. The number of carbonyl (C=O) groups is 2. The van der Waals surface area contributed by atoms with E-state index in [2.05, 4.69) is 5.32 Å². The number of hydrogen-bond donors (Lipinski definition) is 1. The molecule has 0 saturated heterocycles. The van der Waals surface area contributed by atoms with Gasteiger partial charge in [-0.05, 0) is 61.7 Å². The minimum Gasteiger partial charge on any atom is -0.493 e. The van der Waals surface area contributed by atoms with Crippen LogP contribution < -0.4 is 24.4 Å². The summed E-state index contributed by atoms with van der Waals surface area (Å²) in [5, 5.41) is 2.88. The number of amides is 2. The maximum atomic E-state index is 12.6. The number of carbonyl (C=O) groups excluding carboxylic acids is 2. The van der Waals surface area contributed by atoms with Gasteiger partial charge in [0.25, 0.3) is 5.91 Å². The fraction of sp³-hybridized carbons (Fsp3) is 0.286. The molecule has 0 radical (unpaired) electrons. The summed E-state index contributed by atoms with van der Waals surface area (Å²) in [7, 11) is 0. The highest BCUT2D eigenvalue weighted by Gasteiger charge is 2.25. The van der Waals surface area contributed by atoms with E-state index in [0.717, 1.165) is 29.9 Å². The maximum Gasteiger partial charge on any atom is 0.265 e. The van der Waals surface area contributed by atoms with E-state index in [9.17, 15) is 9.59 Å². The number of nitrogens with one attached hydrogen (secondary N) is 1. The highest BCUT2D eigenvalue weighted by Crippen LogP contribution is 2.35. The van der Waals surface area contributed by atoms with E-state index in [1.807, 2.05) is 61.5 Å². The number of rotatable bonds is 11. The lowest BCUT2D eigenvalue weighted by molar-refractivity contribution is -0.121. The number of unbranched alkanes of at least 4 members (excludes halogenated alkanes) is 1. The molecule has 0 spiro atoms. The van der Waals surface area contributed by atoms with Crippen LogP contribution in [0.25, 0.3) is 0 Å². The van der Waals surface area contributed by atoms with Gasteiger partial charge >= 0.3 is 0 Å². The van der Waals surface area contributed by atoms with E-state index in [0.29, 0.717) is 30.3 Å². The minimum absolute atomic E-state index is 0.00917. The molecule has 7 heteroatoms. The number of ether oxygens (including phenoxy) is 3. The molecule has 0 atom stereocenters. The van der Waals surface area contributed by atoms with Crippen LogP contribution in [-0.2, 0) is 9.59 Å². The molecule has 4 rings (SSSR count). The van der Waals surface area contributed by atoms with Crippen LogP contribution in [0.3, 0.4) is 0 Å². The van der Waals surface area contributed by atoms with Crippen LogP contribution in [-0.4, -0.2) is 38.2 Å². The summed E-state index contributed by atoms with van der Waals surface area (Å²) in [6.07, 6.45) is 1.81. The average molecular weight is 475 g/mol. The Bertz CT molecular complexity index is 1150. The molecule has 3 aromatic rings. The third-order valence-corrected chi connectivity index (χ3v) is 5.65. The highest BCUT2D eigenvalue weighted by atomic mass is 16.5. The third kappa shape index (κ3) is 6.76. The molecule has 35 heavy (non-hydrogen) atoms. The molecule has 182 valence electrons. The van der Waals surface area contributed by atoms with Crippen molar-refractivity contribution in [1.82, 2.24) is 0 Å². The normalized spacial score (nSPS) is 12.5. The van der Waals surface area contributed by atoms with Crippen molar-refractivity contribution >= 4 is 23.2 Å². The molecular weight excluding hydrogens is 444 g/mol. The zero-order valence-corrected chi connectivity index (χ0v) is 19.9. The van der Waals surface area contributed by atoms with Gasteiger partial charge in [-0.25, -0.2) is 0 Å². The molecule has 0 aliphatic carbocycles. The second-order valence-corrected chi connectivity index (χ2v) is 8.30. The van der Waals surface area contributed by atoms with Crippen LogP contribution >= 0.6 is 0 Å². The van der Waals surface area contributed by atoms with Crippen molar-refractivity contribution in [3.8, 4) is 17.2 Å². The van der Waals surface area contributed by atoms with Gasteiger partial charge in [0.1, 0.15) is 17.2 Å². The van der Waals surface area contributed by atoms with Gasteiger partial charge in [-0.2, -0.15) is 0 Å². The highest BCUT2D eigenvalue weighted by molar-refractivity contribution is 5.99. The number of benzene rings is 3. The lowest BCUT2D eigenvalue weighted by Gasteiger charge is -2.30. The number of nitrogens with zero attached hydrogens (tertiary/aromatic N) is 1. The van der Waals surface area contributed by atoms with Gasteiger partial charge in [0.2, 0.25) is 5.91 Å². The monoisotopic (exact) mass is 474 g/mol. The molecule has 0 saturated carbocycles. The first kappa shape index (κ1) is 24.1. The summed E-state index contributed by atoms with van der Waals surface area (Å²) in [4.78, 5) is 26.7. The van der Waals surface area contributed by atoms with Gasteiger partial charge in [-0.3, -0.25) is 9.59 Å². The maximum absolute atomic E-state index is 12.6. The smallest absolute Gasteiger partial charge is 0.265 e. The molecular formula is C28H30N2O5. The van der Waals surface area contributed by atoms with Crippen LogP contribution in [0.2, 0.25) is 0 Å². The minimum atomic E-state index is -0.163. The van der Waals surface area contributed by atoms with E-state index >= 15 is 0 Å². The number of para-hydroxylation sites is 2. The van der Waals surface area contributed by atoms with E-state index < -0.39 is 0 Å². The molecule has 1 aliphatic rings. The Morgan fingerprint density at radius 2 is 1.77 bits per heavy atom. The van der Waals surface area contributed by atoms with Crippen molar-refractivity contribution in [3.63, 3.8) is 0 Å². The number of hydrogen-bond acceptors (Lipinski definition) is 5. The summed E-state index contributed by atoms with van der Waals surface area (Å²) in [6.45, 7) is 3.44. The first-order chi connectivity index (χ1) is 17.1. The Morgan fingerprint density at radius 3 is 2.60 bits per heavy atom. The second kappa shape index (κ2) is 11.9. The van der Waals surface area contributed by atoms with Gasteiger partial charge in [-0.1, -0.05) is 36.4 Å². The Hall–Kier alpha value is -4.00. The quantitative estimate of drug-likeness (QED) is 0.396. The van der Waals surface area contributed by atoms with Crippen molar-refractivity contribution in [1.29, 1.82) is 0 Å². The molecule has 2 amide bonds. The topological polar surface area (TPSA) is 77.1 Å². The Labute approximate surface area is 205 Å². The summed E-state index contributed by atoms with van der Waals surface area (Å²) in [6, 6.07) is 22.6. The Morgan fingerprint density at radius 1 is 0.971 bits per heavy atom. The number of aryl methyl sites for hydroxylation is 1. The molecule has 0 fully saturated rings. The lowest BCUT2D eigenvalue weighted by atomic mass is 10.2. The van der Waals surface area contributed by atoms with E-state index in [1.165, 1.54) is 0 Å². The first-order valence-electron chi connectivity index (χ1n) is 11.8. The largest absolute Gasteiger partial charge is 0.493 e. The van der Waals surface area contributed by atoms with E-state index in [4.69, 9.17) is 14.2 Å². The molecule has 0 unspecified atom stereocenters. The third-order valence-electron chi connectivity index (χ3n) is 5.65. The SMILES string of the molecule is Cc1ccccc1OCCCCN1C(=O)COc2ccc(NC(=O)CCOc3ccccc3)cc21. The second-order valence-electron chi connectivity index (χ2n) is 8.30.